The second-order valence-electron chi connectivity index (χ2n) is 11.9. The maximum absolute atomic E-state index is 11.8. The number of nitrogens with zero attached hydrogens (tertiary/aromatic N) is 3. The fourth-order valence-electron chi connectivity index (χ4n) is 5.88. The number of ether oxygens (including phenoxy) is 2. The number of azide groups is 1. The molecule has 0 aliphatic carbocycles. The van der Waals surface area contributed by atoms with Gasteiger partial charge in [-0.15, -0.1) is 0 Å². The van der Waals surface area contributed by atoms with Crippen LogP contribution in [-0.4, -0.2) is 49.8 Å². The van der Waals surface area contributed by atoms with Crippen molar-refractivity contribution in [2.24, 2.45) is 5.11 Å². The predicted octanol–water partition coefficient (Wildman–Crippen LogP) is 6.71. The van der Waals surface area contributed by atoms with Crippen molar-refractivity contribution in [3.8, 4) is 0 Å². The van der Waals surface area contributed by atoms with Gasteiger partial charge in [0.2, 0.25) is 0 Å². The molecule has 1 heterocycles. The smallest absolute Gasteiger partial charge is 0.261 e. The molecule has 0 bridgehead atoms. The first kappa shape index (κ1) is 32.0. The summed E-state index contributed by atoms with van der Waals surface area (Å²) in [6.07, 6.45) is -2.64. The average molecular weight is 626 g/mol. The van der Waals surface area contributed by atoms with Gasteiger partial charge < -0.3 is 19.0 Å². The molecular formula is C35H39N3O4SSi. The molecule has 1 unspecified atom stereocenters. The molecule has 0 saturated carbocycles. The number of rotatable bonds is 11. The summed E-state index contributed by atoms with van der Waals surface area (Å²) in [5, 5.41) is 18.0. The number of aliphatic hydroxyl groups is 1. The van der Waals surface area contributed by atoms with Gasteiger partial charge in [0.1, 0.15) is 23.7 Å². The zero-order valence-corrected chi connectivity index (χ0v) is 27.1. The highest BCUT2D eigenvalue weighted by atomic mass is 32.2. The minimum Gasteiger partial charge on any atom is -0.405 e. The lowest BCUT2D eigenvalue weighted by Crippen LogP contribution is -2.68. The van der Waals surface area contributed by atoms with Gasteiger partial charge in [0.15, 0.2) is 0 Å². The zero-order valence-electron chi connectivity index (χ0n) is 25.3. The van der Waals surface area contributed by atoms with Gasteiger partial charge in [-0.1, -0.05) is 147 Å². The Balaban J connectivity index is 1.50. The van der Waals surface area contributed by atoms with Crippen LogP contribution in [0.5, 0.6) is 0 Å². The third-order valence-corrected chi connectivity index (χ3v) is 14.2. The molecule has 0 aromatic heterocycles. The van der Waals surface area contributed by atoms with E-state index in [0.717, 1.165) is 20.8 Å². The highest BCUT2D eigenvalue weighted by Gasteiger charge is 2.52. The Kier molecular flexibility index (Phi) is 10.6. The Labute approximate surface area is 265 Å². The van der Waals surface area contributed by atoms with Gasteiger partial charge in [0, 0.05) is 9.81 Å². The summed E-state index contributed by atoms with van der Waals surface area (Å²) < 4.78 is 20.1. The Morgan fingerprint density at radius 1 is 0.841 bits per heavy atom. The molecule has 1 N–H and O–H groups in total. The Morgan fingerprint density at radius 2 is 1.36 bits per heavy atom. The quantitative estimate of drug-likeness (QED) is 0.0866. The molecule has 44 heavy (non-hydrogen) atoms. The van der Waals surface area contributed by atoms with Crippen LogP contribution < -0.4 is 10.4 Å². The highest BCUT2D eigenvalue weighted by molar-refractivity contribution is 7.99. The van der Waals surface area contributed by atoms with E-state index in [9.17, 15) is 10.6 Å². The van der Waals surface area contributed by atoms with Crippen LogP contribution in [0.4, 0.5) is 0 Å². The zero-order chi connectivity index (χ0) is 31.0. The molecule has 228 valence electrons. The van der Waals surface area contributed by atoms with E-state index in [2.05, 4.69) is 55.1 Å². The van der Waals surface area contributed by atoms with Crippen LogP contribution in [0, 0.1) is 0 Å². The lowest BCUT2D eigenvalue weighted by molar-refractivity contribution is -0.183. The fraction of sp³-hybridized carbons (Fsp3) is 0.314. The van der Waals surface area contributed by atoms with Crippen LogP contribution in [0.3, 0.4) is 0 Å². The Hall–Kier alpha value is -3.40. The summed E-state index contributed by atoms with van der Waals surface area (Å²) in [7, 11) is -2.91. The van der Waals surface area contributed by atoms with Gasteiger partial charge in [0.25, 0.3) is 8.32 Å². The highest BCUT2D eigenvalue weighted by Crippen LogP contribution is 2.40. The molecule has 1 fully saturated rings. The van der Waals surface area contributed by atoms with E-state index in [4.69, 9.17) is 13.9 Å². The van der Waals surface area contributed by atoms with Crippen molar-refractivity contribution in [1.29, 1.82) is 0 Å². The molecule has 1 aliphatic heterocycles. The number of aliphatic hydroxyl groups excluding tert-OH is 1. The average Bonchev–Trinajstić information content (AvgIpc) is 3.04. The van der Waals surface area contributed by atoms with E-state index in [1.54, 1.807) is 0 Å². The molecule has 1 aliphatic rings. The van der Waals surface area contributed by atoms with E-state index >= 15 is 0 Å². The van der Waals surface area contributed by atoms with Crippen molar-refractivity contribution in [2.75, 3.05) is 6.61 Å². The summed E-state index contributed by atoms with van der Waals surface area (Å²) in [5.41, 5.74) is 9.90. The van der Waals surface area contributed by atoms with Gasteiger partial charge in [-0.2, -0.15) is 0 Å². The lowest BCUT2D eigenvalue weighted by Gasteiger charge is -2.46. The standard InChI is InChI=1S/C35H39N3O4SSi/c1-35(2,3)44(28-20-12-6-13-21-28,29-22-14-7-15-23-29)41-25-30-32(39)33(40-24-26-16-8-4-9-17-26)31(37-38-36)34(42-30)43-27-18-10-5-11-19-27/h4-23,30-34,39H,24-25H2,1-3H3/t30-,31-,32+,33-,34?/m1/s1. The summed E-state index contributed by atoms with van der Waals surface area (Å²) in [6.45, 7) is 7.04. The summed E-state index contributed by atoms with van der Waals surface area (Å²) in [5.74, 6) is 0. The lowest BCUT2D eigenvalue weighted by atomic mass is 9.98. The van der Waals surface area contributed by atoms with E-state index < -0.39 is 38.1 Å². The van der Waals surface area contributed by atoms with E-state index in [1.807, 2.05) is 97.1 Å². The van der Waals surface area contributed by atoms with Crippen molar-refractivity contribution in [3.05, 3.63) is 137 Å². The maximum atomic E-state index is 11.8. The molecule has 0 radical (unpaired) electrons. The van der Waals surface area contributed by atoms with Crippen molar-refractivity contribution in [3.63, 3.8) is 0 Å². The van der Waals surface area contributed by atoms with Gasteiger partial charge in [-0.05, 0) is 38.6 Å². The predicted molar refractivity (Wildman–Crippen MR) is 178 cm³/mol. The number of thioether (sulfide) groups is 1. The molecule has 0 spiro atoms. The van der Waals surface area contributed by atoms with E-state index in [0.29, 0.717) is 0 Å². The van der Waals surface area contributed by atoms with E-state index in [-0.39, 0.29) is 18.3 Å². The fourth-order valence-corrected chi connectivity index (χ4v) is 11.6. The molecule has 0 amide bonds. The molecule has 1 saturated heterocycles. The van der Waals surface area contributed by atoms with Crippen molar-refractivity contribution < 1.29 is 19.0 Å². The van der Waals surface area contributed by atoms with Crippen LogP contribution in [-0.2, 0) is 20.5 Å². The summed E-state index contributed by atoms with van der Waals surface area (Å²) in [4.78, 5) is 4.09. The van der Waals surface area contributed by atoms with Crippen LogP contribution in [0.25, 0.3) is 10.4 Å². The van der Waals surface area contributed by atoms with Gasteiger partial charge >= 0.3 is 0 Å². The van der Waals surface area contributed by atoms with E-state index in [1.165, 1.54) is 11.8 Å². The van der Waals surface area contributed by atoms with Crippen LogP contribution in [0.15, 0.2) is 131 Å². The first-order valence-corrected chi connectivity index (χ1v) is 17.6. The first-order chi connectivity index (χ1) is 21.3. The monoisotopic (exact) mass is 625 g/mol. The molecular weight excluding hydrogens is 587 g/mol. The number of benzene rings is 4. The minimum absolute atomic E-state index is 0.133. The SMILES string of the molecule is CC(C)(C)[Si](OC[C@H]1OC(Sc2ccccc2)[C@H](N=[N+]=[N-])[C@@H](OCc2ccccc2)[C@H]1O)(c1ccccc1)c1ccccc1. The van der Waals surface area contributed by atoms with Gasteiger partial charge in [-0.25, -0.2) is 0 Å². The van der Waals surface area contributed by atoms with Crippen LogP contribution in [0.2, 0.25) is 5.04 Å². The minimum atomic E-state index is -2.91. The normalized spacial score (nSPS) is 22.2. The van der Waals surface area contributed by atoms with Crippen molar-refractivity contribution in [2.45, 2.75) is 67.1 Å². The number of hydrogen-bond donors (Lipinski definition) is 1. The van der Waals surface area contributed by atoms with Crippen molar-refractivity contribution >= 4 is 30.5 Å². The van der Waals surface area contributed by atoms with Crippen LogP contribution in [0.1, 0.15) is 26.3 Å². The van der Waals surface area contributed by atoms with Gasteiger partial charge in [0.05, 0.1) is 19.3 Å². The molecule has 4 aromatic carbocycles. The summed E-state index contributed by atoms with van der Waals surface area (Å²) in [6, 6.07) is 39.6. The number of hydrogen-bond acceptors (Lipinski definition) is 6. The second-order valence-corrected chi connectivity index (χ2v) is 17.4. The largest absolute Gasteiger partial charge is 0.405 e. The summed E-state index contributed by atoms with van der Waals surface area (Å²) >= 11 is 1.45. The van der Waals surface area contributed by atoms with Crippen molar-refractivity contribution in [1.82, 2.24) is 0 Å². The molecule has 5 rings (SSSR count). The third kappa shape index (κ3) is 7.11. The third-order valence-electron chi connectivity index (χ3n) is 7.99. The molecule has 7 nitrogen and oxygen atoms in total. The van der Waals surface area contributed by atoms with Gasteiger partial charge in [-0.3, -0.25) is 0 Å². The van der Waals surface area contributed by atoms with Crippen LogP contribution >= 0.6 is 11.8 Å². The topological polar surface area (TPSA) is 96.7 Å². The molecule has 5 atom stereocenters. The Morgan fingerprint density at radius 3 is 1.89 bits per heavy atom. The molecule has 4 aromatic rings. The Bertz CT molecular complexity index is 1460. The maximum Gasteiger partial charge on any atom is 0.261 e. The first-order valence-electron chi connectivity index (χ1n) is 14.8. The molecule has 9 heteroatoms. The second kappa shape index (κ2) is 14.6.